The van der Waals surface area contributed by atoms with Crippen molar-refractivity contribution in [3.8, 4) is 5.75 Å². The van der Waals surface area contributed by atoms with Crippen LogP contribution in [-0.2, 0) is 11.4 Å². The molecular weight excluding hydrogens is 433 g/mol. The standard InChI is InChI=1S/C16H11ClINO4/c17-16(20)8-4-11-3-7-15(14(18)9-11)23-10-12-1-5-13(6-2-12)19(21)22/h1-9H,10H2/b8-4+. The van der Waals surface area contributed by atoms with E-state index in [9.17, 15) is 14.9 Å². The lowest BCUT2D eigenvalue weighted by Crippen LogP contribution is -1.97. The number of halogens is 2. The fourth-order valence-corrected chi connectivity index (χ4v) is 2.53. The monoisotopic (exact) mass is 443 g/mol. The summed E-state index contributed by atoms with van der Waals surface area (Å²) in [5.74, 6) is 0.693. The molecule has 0 bridgehead atoms. The number of non-ortho nitro benzene ring substituents is 1. The highest BCUT2D eigenvalue weighted by atomic mass is 127. The summed E-state index contributed by atoms with van der Waals surface area (Å²) in [6, 6.07) is 11.7. The Bertz CT molecular complexity index is 759. The number of nitro groups is 1. The predicted molar refractivity (Wildman–Crippen MR) is 96.5 cm³/mol. The van der Waals surface area contributed by atoms with Crippen LogP contribution in [0.4, 0.5) is 5.69 Å². The van der Waals surface area contributed by atoms with Crippen molar-refractivity contribution >= 4 is 51.2 Å². The van der Waals surface area contributed by atoms with Gasteiger partial charge in [-0.3, -0.25) is 14.9 Å². The molecule has 2 aromatic rings. The largest absolute Gasteiger partial charge is 0.488 e. The summed E-state index contributed by atoms with van der Waals surface area (Å²) in [6.07, 6.45) is 2.90. The molecule has 2 aromatic carbocycles. The summed E-state index contributed by atoms with van der Waals surface area (Å²) >= 11 is 7.39. The molecule has 5 nitrogen and oxygen atoms in total. The van der Waals surface area contributed by atoms with Gasteiger partial charge in [0.1, 0.15) is 12.4 Å². The van der Waals surface area contributed by atoms with Crippen molar-refractivity contribution in [2.24, 2.45) is 0 Å². The number of nitro benzene ring substituents is 1. The summed E-state index contributed by atoms with van der Waals surface area (Å²) in [7, 11) is 0. The number of benzene rings is 2. The van der Waals surface area contributed by atoms with E-state index in [1.807, 2.05) is 12.1 Å². The van der Waals surface area contributed by atoms with Crippen molar-refractivity contribution in [3.63, 3.8) is 0 Å². The lowest BCUT2D eigenvalue weighted by atomic mass is 10.2. The van der Waals surface area contributed by atoms with E-state index in [0.717, 1.165) is 14.7 Å². The highest BCUT2D eigenvalue weighted by molar-refractivity contribution is 14.1. The fourth-order valence-electron chi connectivity index (χ4n) is 1.77. The number of hydrogen-bond acceptors (Lipinski definition) is 4. The van der Waals surface area contributed by atoms with Crippen LogP contribution in [0.2, 0.25) is 0 Å². The Hall–Kier alpha value is -1.93. The topological polar surface area (TPSA) is 69.4 Å². The summed E-state index contributed by atoms with van der Waals surface area (Å²) in [5.41, 5.74) is 1.72. The zero-order valence-electron chi connectivity index (χ0n) is 11.7. The van der Waals surface area contributed by atoms with E-state index in [4.69, 9.17) is 16.3 Å². The SMILES string of the molecule is O=C(Cl)/C=C/c1ccc(OCc2ccc([N+](=O)[O-])cc2)c(I)c1. The quantitative estimate of drug-likeness (QED) is 0.216. The summed E-state index contributed by atoms with van der Waals surface area (Å²) in [5, 5.41) is 10.1. The van der Waals surface area contributed by atoms with Gasteiger partial charge in [-0.25, -0.2) is 0 Å². The van der Waals surface area contributed by atoms with Crippen LogP contribution in [0, 0.1) is 13.7 Å². The van der Waals surface area contributed by atoms with E-state index < -0.39 is 10.2 Å². The second-order valence-corrected chi connectivity index (χ2v) is 6.07. The van der Waals surface area contributed by atoms with Crippen LogP contribution in [0.5, 0.6) is 5.75 Å². The van der Waals surface area contributed by atoms with Gasteiger partial charge in [-0.15, -0.1) is 0 Å². The van der Waals surface area contributed by atoms with Gasteiger partial charge in [0.25, 0.3) is 5.69 Å². The van der Waals surface area contributed by atoms with Gasteiger partial charge < -0.3 is 4.74 Å². The first-order valence-electron chi connectivity index (χ1n) is 6.49. The van der Waals surface area contributed by atoms with Crippen molar-refractivity contribution in [2.45, 2.75) is 6.61 Å². The van der Waals surface area contributed by atoms with Crippen LogP contribution in [-0.4, -0.2) is 10.2 Å². The normalized spacial score (nSPS) is 10.7. The average molecular weight is 444 g/mol. The molecule has 0 fully saturated rings. The summed E-state index contributed by atoms with van der Waals surface area (Å²) in [4.78, 5) is 20.9. The molecule has 0 aliphatic rings. The summed E-state index contributed by atoms with van der Waals surface area (Å²) < 4.78 is 6.59. The van der Waals surface area contributed by atoms with Crippen LogP contribution in [0.3, 0.4) is 0 Å². The molecule has 0 atom stereocenters. The third-order valence-corrected chi connectivity index (χ3v) is 3.87. The molecule has 2 rings (SSSR count). The molecule has 0 saturated carbocycles. The molecular formula is C16H11ClINO4. The molecule has 0 aliphatic carbocycles. The van der Waals surface area contributed by atoms with E-state index in [2.05, 4.69) is 22.6 Å². The fraction of sp³-hybridized carbons (Fsp3) is 0.0625. The van der Waals surface area contributed by atoms with Crippen LogP contribution in [0.15, 0.2) is 48.5 Å². The van der Waals surface area contributed by atoms with Crippen molar-refractivity contribution < 1.29 is 14.5 Å². The molecule has 0 amide bonds. The maximum atomic E-state index is 10.7. The lowest BCUT2D eigenvalue weighted by Gasteiger charge is -2.09. The first-order valence-corrected chi connectivity index (χ1v) is 7.94. The minimum absolute atomic E-state index is 0.0494. The van der Waals surface area contributed by atoms with E-state index in [1.165, 1.54) is 18.2 Å². The first kappa shape index (κ1) is 17.4. The third-order valence-electron chi connectivity index (χ3n) is 2.90. The maximum absolute atomic E-state index is 10.7. The van der Waals surface area contributed by atoms with Gasteiger partial charge >= 0.3 is 0 Å². The third kappa shape index (κ3) is 5.33. The average Bonchev–Trinajstić information content (AvgIpc) is 2.52. The van der Waals surface area contributed by atoms with Crippen LogP contribution < -0.4 is 4.74 Å². The van der Waals surface area contributed by atoms with Crippen molar-refractivity contribution in [1.82, 2.24) is 0 Å². The van der Waals surface area contributed by atoms with E-state index in [0.29, 0.717) is 12.4 Å². The highest BCUT2D eigenvalue weighted by Gasteiger charge is 2.06. The van der Waals surface area contributed by atoms with Crippen LogP contribution in [0.1, 0.15) is 11.1 Å². The molecule has 23 heavy (non-hydrogen) atoms. The number of allylic oxidation sites excluding steroid dienone is 1. The molecule has 0 spiro atoms. The molecule has 0 N–H and O–H groups in total. The van der Waals surface area contributed by atoms with Gasteiger partial charge in [0, 0.05) is 12.1 Å². The van der Waals surface area contributed by atoms with Crippen LogP contribution >= 0.6 is 34.2 Å². The second kappa shape index (κ2) is 8.07. The zero-order chi connectivity index (χ0) is 16.8. The van der Waals surface area contributed by atoms with Gasteiger partial charge in [-0.05, 0) is 75.7 Å². The molecule has 0 radical (unpaired) electrons. The molecule has 0 unspecified atom stereocenters. The Kier molecular flexibility index (Phi) is 6.12. The molecule has 0 aromatic heterocycles. The first-order chi connectivity index (χ1) is 11.0. The Morgan fingerprint density at radius 2 is 1.96 bits per heavy atom. The Balaban J connectivity index is 2.03. The lowest BCUT2D eigenvalue weighted by molar-refractivity contribution is -0.384. The van der Waals surface area contributed by atoms with E-state index in [-0.39, 0.29) is 5.69 Å². The maximum Gasteiger partial charge on any atom is 0.269 e. The van der Waals surface area contributed by atoms with Crippen LogP contribution in [0.25, 0.3) is 6.08 Å². The molecule has 0 saturated heterocycles. The van der Waals surface area contributed by atoms with Gasteiger partial charge in [-0.2, -0.15) is 0 Å². The minimum atomic E-state index is -0.529. The minimum Gasteiger partial charge on any atom is -0.488 e. The number of rotatable bonds is 6. The molecule has 0 heterocycles. The van der Waals surface area contributed by atoms with Gasteiger partial charge in [-0.1, -0.05) is 12.1 Å². The smallest absolute Gasteiger partial charge is 0.269 e. The molecule has 0 aliphatic heterocycles. The van der Waals surface area contributed by atoms with E-state index >= 15 is 0 Å². The summed E-state index contributed by atoms with van der Waals surface area (Å²) in [6.45, 7) is 0.309. The number of carbonyl (C=O) groups excluding carboxylic acids is 1. The number of nitrogens with zero attached hydrogens (tertiary/aromatic N) is 1. The molecule has 7 heteroatoms. The Morgan fingerprint density at radius 1 is 1.26 bits per heavy atom. The van der Waals surface area contributed by atoms with Gasteiger partial charge in [0.05, 0.1) is 8.49 Å². The van der Waals surface area contributed by atoms with E-state index in [1.54, 1.807) is 24.3 Å². The Morgan fingerprint density at radius 3 is 2.52 bits per heavy atom. The van der Waals surface area contributed by atoms with Crippen molar-refractivity contribution in [3.05, 3.63) is 73.4 Å². The van der Waals surface area contributed by atoms with Gasteiger partial charge in [0.15, 0.2) is 0 Å². The zero-order valence-corrected chi connectivity index (χ0v) is 14.7. The highest BCUT2D eigenvalue weighted by Crippen LogP contribution is 2.24. The number of ether oxygens (including phenoxy) is 1. The second-order valence-electron chi connectivity index (χ2n) is 4.54. The van der Waals surface area contributed by atoms with Gasteiger partial charge in [0.2, 0.25) is 5.24 Å². The molecule has 118 valence electrons. The predicted octanol–water partition coefficient (Wildman–Crippen LogP) is 4.56. The van der Waals surface area contributed by atoms with Crippen molar-refractivity contribution in [2.75, 3.05) is 0 Å². The number of carbonyl (C=O) groups is 1. The van der Waals surface area contributed by atoms with Crippen molar-refractivity contribution in [1.29, 1.82) is 0 Å². The number of hydrogen-bond donors (Lipinski definition) is 0. The Labute approximate surface area is 151 Å².